The van der Waals surface area contributed by atoms with E-state index in [0.29, 0.717) is 28.9 Å². The number of benzene rings is 1. The van der Waals surface area contributed by atoms with E-state index in [9.17, 15) is 9.59 Å². The Kier molecular flexibility index (Phi) is 4.71. The maximum absolute atomic E-state index is 12.7. The number of amides is 2. The number of carbonyl (C=O) groups excluding carboxylic acids is 2. The van der Waals surface area contributed by atoms with Crippen LogP contribution >= 0.6 is 11.3 Å². The summed E-state index contributed by atoms with van der Waals surface area (Å²) in [5, 5.41) is 8.13. The van der Waals surface area contributed by atoms with Crippen LogP contribution in [0.3, 0.4) is 0 Å². The number of rotatable bonds is 5. The van der Waals surface area contributed by atoms with Crippen molar-refractivity contribution < 1.29 is 9.59 Å². The Hall–Kier alpha value is -2.14. The molecule has 2 aromatic rings. The Labute approximate surface area is 169 Å². The van der Waals surface area contributed by atoms with Crippen molar-refractivity contribution >= 4 is 23.2 Å². The second-order valence-corrected chi connectivity index (χ2v) is 9.54. The Balaban J connectivity index is 1.16. The zero-order chi connectivity index (χ0) is 19.1. The molecule has 1 heterocycles. The number of fused-ring (bicyclic) bond motifs is 5. The van der Waals surface area contributed by atoms with Crippen molar-refractivity contribution in [2.45, 2.75) is 44.7 Å². The largest absolute Gasteiger partial charge is 0.349 e. The van der Waals surface area contributed by atoms with Gasteiger partial charge < -0.3 is 10.6 Å². The summed E-state index contributed by atoms with van der Waals surface area (Å²) < 4.78 is 0. The highest BCUT2D eigenvalue weighted by Gasteiger charge is 2.54. The second-order valence-electron chi connectivity index (χ2n) is 8.59. The molecule has 2 bridgehead atoms. The van der Waals surface area contributed by atoms with E-state index in [4.69, 9.17) is 0 Å². The van der Waals surface area contributed by atoms with Gasteiger partial charge in [-0.15, -0.1) is 11.3 Å². The first-order valence-electron chi connectivity index (χ1n) is 10.4. The molecule has 2 N–H and O–H groups in total. The van der Waals surface area contributed by atoms with Gasteiger partial charge in [0.2, 0.25) is 0 Å². The summed E-state index contributed by atoms with van der Waals surface area (Å²) in [6.45, 7) is 0.466. The number of hydrogen-bond acceptors (Lipinski definition) is 3. The van der Waals surface area contributed by atoms with E-state index in [2.05, 4.69) is 10.6 Å². The van der Waals surface area contributed by atoms with Crippen LogP contribution in [0.15, 0.2) is 41.8 Å². The fraction of sp³-hybridized carbons (Fsp3) is 0.478. The van der Waals surface area contributed by atoms with Crippen molar-refractivity contribution in [2.24, 2.45) is 23.7 Å². The SMILES string of the molecule is O=C(N[C@@H]1C[C@H]2C[C@H]1[C@@H]1CCC[C@@H]21)c1ccc(CNC(=O)c2cccs2)cc1. The van der Waals surface area contributed by atoms with Gasteiger partial charge in [0.1, 0.15) is 0 Å². The molecule has 0 saturated heterocycles. The molecule has 5 heteroatoms. The van der Waals surface area contributed by atoms with Crippen LogP contribution in [0.2, 0.25) is 0 Å². The van der Waals surface area contributed by atoms with Crippen molar-refractivity contribution in [3.05, 3.63) is 57.8 Å². The molecule has 3 aliphatic carbocycles. The van der Waals surface area contributed by atoms with Gasteiger partial charge in [-0.25, -0.2) is 0 Å². The predicted molar refractivity (Wildman–Crippen MR) is 110 cm³/mol. The van der Waals surface area contributed by atoms with Gasteiger partial charge in [0.25, 0.3) is 11.8 Å². The molecule has 0 spiro atoms. The summed E-state index contributed by atoms with van der Waals surface area (Å²) in [6.07, 6.45) is 6.65. The van der Waals surface area contributed by atoms with E-state index in [0.717, 1.165) is 23.3 Å². The monoisotopic (exact) mass is 394 g/mol. The first-order valence-corrected chi connectivity index (χ1v) is 11.3. The lowest BCUT2D eigenvalue weighted by Crippen LogP contribution is -2.42. The van der Waals surface area contributed by atoms with E-state index < -0.39 is 0 Å². The Morgan fingerprint density at radius 1 is 0.964 bits per heavy atom. The van der Waals surface area contributed by atoms with Gasteiger partial charge in [0.15, 0.2) is 0 Å². The average Bonchev–Trinajstić information content (AvgIpc) is 3.49. The van der Waals surface area contributed by atoms with Gasteiger partial charge in [-0.1, -0.05) is 24.6 Å². The number of nitrogens with one attached hydrogen (secondary N) is 2. The molecule has 0 radical (unpaired) electrons. The molecule has 3 aliphatic rings. The van der Waals surface area contributed by atoms with E-state index in [1.165, 1.54) is 43.4 Å². The molecule has 2 amide bonds. The highest BCUT2D eigenvalue weighted by molar-refractivity contribution is 7.12. The summed E-state index contributed by atoms with van der Waals surface area (Å²) in [4.78, 5) is 25.5. The van der Waals surface area contributed by atoms with Crippen LogP contribution in [-0.4, -0.2) is 17.9 Å². The second kappa shape index (κ2) is 7.36. The molecule has 5 atom stereocenters. The summed E-state index contributed by atoms with van der Waals surface area (Å²) in [6, 6.07) is 11.6. The fourth-order valence-electron chi connectivity index (χ4n) is 5.94. The highest BCUT2D eigenvalue weighted by Crippen LogP contribution is 2.58. The van der Waals surface area contributed by atoms with Crippen LogP contribution in [0.1, 0.15) is 57.7 Å². The highest BCUT2D eigenvalue weighted by atomic mass is 32.1. The van der Waals surface area contributed by atoms with Crippen molar-refractivity contribution in [3.8, 4) is 0 Å². The molecule has 5 rings (SSSR count). The van der Waals surface area contributed by atoms with Crippen molar-refractivity contribution in [1.82, 2.24) is 10.6 Å². The molecule has 0 aliphatic heterocycles. The predicted octanol–water partition coefficient (Wildman–Crippen LogP) is 4.23. The van der Waals surface area contributed by atoms with Crippen molar-refractivity contribution in [2.75, 3.05) is 0 Å². The third-order valence-electron chi connectivity index (χ3n) is 7.16. The van der Waals surface area contributed by atoms with E-state index in [1.807, 2.05) is 41.8 Å². The normalized spacial score (nSPS) is 30.2. The molecule has 1 aromatic carbocycles. The van der Waals surface area contributed by atoms with Gasteiger partial charge in [0, 0.05) is 18.2 Å². The van der Waals surface area contributed by atoms with Crippen molar-refractivity contribution in [1.29, 1.82) is 0 Å². The van der Waals surface area contributed by atoms with Crippen LogP contribution in [-0.2, 0) is 6.54 Å². The Morgan fingerprint density at radius 3 is 2.57 bits per heavy atom. The molecule has 1 aromatic heterocycles. The molecular weight excluding hydrogens is 368 g/mol. The van der Waals surface area contributed by atoms with E-state index in [1.54, 1.807) is 0 Å². The molecule has 3 fully saturated rings. The quantitative estimate of drug-likeness (QED) is 0.797. The molecule has 28 heavy (non-hydrogen) atoms. The van der Waals surface area contributed by atoms with E-state index in [-0.39, 0.29) is 11.8 Å². The summed E-state index contributed by atoms with van der Waals surface area (Å²) >= 11 is 1.43. The zero-order valence-electron chi connectivity index (χ0n) is 15.9. The minimum Gasteiger partial charge on any atom is -0.349 e. The first kappa shape index (κ1) is 17.9. The van der Waals surface area contributed by atoms with Gasteiger partial charge in [-0.3, -0.25) is 9.59 Å². The maximum atomic E-state index is 12.7. The van der Waals surface area contributed by atoms with Crippen molar-refractivity contribution in [3.63, 3.8) is 0 Å². The van der Waals surface area contributed by atoms with Gasteiger partial charge >= 0.3 is 0 Å². The van der Waals surface area contributed by atoms with Crippen LogP contribution in [0, 0.1) is 23.7 Å². The van der Waals surface area contributed by atoms with E-state index >= 15 is 0 Å². The molecule has 146 valence electrons. The maximum Gasteiger partial charge on any atom is 0.261 e. The molecule has 3 saturated carbocycles. The van der Waals surface area contributed by atoms with Gasteiger partial charge in [-0.2, -0.15) is 0 Å². The summed E-state index contributed by atoms with van der Waals surface area (Å²) in [5.74, 6) is 3.34. The minimum absolute atomic E-state index is 0.0428. The molecular formula is C23H26N2O2S. The Morgan fingerprint density at radius 2 is 1.79 bits per heavy atom. The van der Waals surface area contributed by atoms with Crippen LogP contribution in [0.25, 0.3) is 0 Å². The van der Waals surface area contributed by atoms with Crippen LogP contribution in [0.4, 0.5) is 0 Å². The summed E-state index contributed by atoms with van der Waals surface area (Å²) in [5.41, 5.74) is 1.70. The Bertz CT molecular complexity index is 861. The standard InChI is InChI=1S/C23H26N2O2S/c26-22(25-20-12-16-11-19(20)18-4-1-3-17(16)18)15-8-6-14(7-9-15)13-24-23(27)21-5-2-10-28-21/h2,5-10,16-20H,1,3-4,11-13H2,(H,24,27)(H,25,26)/t16-,17+,18-,19+,20-/m1/s1. The number of thiophene rings is 1. The third kappa shape index (κ3) is 3.26. The number of carbonyl (C=O) groups is 2. The summed E-state index contributed by atoms with van der Waals surface area (Å²) in [7, 11) is 0. The van der Waals surface area contributed by atoms with Gasteiger partial charge in [0.05, 0.1) is 4.88 Å². The number of hydrogen-bond donors (Lipinski definition) is 2. The minimum atomic E-state index is -0.0571. The zero-order valence-corrected chi connectivity index (χ0v) is 16.7. The van der Waals surface area contributed by atoms with Gasteiger partial charge in [-0.05, 0) is 78.5 Å². The third-order valence-corrected chi connectivity index (χ3v) is 8.03. The smallest absolute Gasteiger partial charge is 0.261 e. The van der Waals surface area contributed by atoms with Crippen LogP contribution in [0.5, 0.6) is 0 Å². The average molecular weight is 395 g/mol. The molecule has 0 unspecified atom stereocenters. The lowest BCUT2D eigenvalue weighted by molar-refractivity contribution is 0.0899. The molecule has 4 nitrogen and oxygen atoms in total. The fourth-order valence-corrected chi connectivity index (χ4v) is 6.58. The lowest BCUT2D eigenvalue weighted by atomic mass is 9.79. The topological polar surface area (TPSA) is 58.2 Å². The first-order chi connectivity index (χ1) is 13.7. The lowest BCUT2D eigenvalue weighted by Gasteiger charge is -2.32. The van der Waals surface area contributed by atoms with Crippen LogP contribution < -0.4 is 10.6 Å².